The molecule has 7 heteroatoms. The number of rotatable bonds is 6. The summed E-state index contributed by atoms with van der Waals surface area (Å²) in [5.41, 5.74) is 2.02. The van der Waals surface area contributed by atoms with E-state index in [1.54, 1.807) is 36.3 Å². The molecule has 164 valence electrons. The molecule has 0 N–H and O–H groups in total. The third kappa shape index (κ3) is 5.84. The predicted octanol–water partition coefficient (Wildman–Crippen LogP) is 2.79. The average molecular weight is 424 g/mol. The predicted molar refractivity (Wildman–Crippen MR) is 116 cm³/mol. The van der Waals surface area contributed by atoms with Gasteiger partial charge in [0.15, 0.2) is 0 Å². The maximum Gasteiger partial charge on any atom is 0.337 e. The van der Waals surface area contributed by atoms with Gasteiger partial charge >= 0.3 is 5.97 Å². The molecule has 31 heavy (non-hydrogen) atoms. The highest BCUT2D eigenvalue weighted by Gasteiger charge is 2.23. The van der Waals surface area contributed by atoms with Crippen LogP contribution in [0.5, 0.6) is 5.75 Å². The van der Waals surface area contributed by atoms with E-state index >= 15 is 0 Å². The second-order valence-corrected chi connectivity index (χ2v) is 7.44. The van der Waals surface area contributed by atoms with E-state index in [0.29, 0.717) is 50.1 Å². The zero-order valence-electron chi connectivity index (χ0n) is 18.0. The fourth-order valence-corrected chi connectivity index (χ4v) is 3.62. The number of methoxy groups -OCH3 is 2. The Labute approximate surface area is 182 Å². The smallest absolute Gasteiger partial charge is 0.337 e. The van der Waals surface area contributed by atoms with Crippen molar-refractivity contribution in [1.29, 1.82) is 0 Å². The number of ether oxygens (including phenoxy) is 2. The first-order valence-electron chi connectivity index (χ1n) is 10.4. The summed E-state index contributed by atoms with van der Waals surface area (Å²) in [7, 11) is 2.95. The highest BCUT2D eigenvalue weighted by atomic mass is 16.5. The lowest BCUT2D eigenvalue weighted by atomic mass is 10.1. The third-order valence-corrected chi connectivity index (χ3v) is 5.48. The second-order valence-electron chi connectivity index (χ2n) is 7.44. The lowest BCUT2D eigenvalue weighted by molar-refractivity contribution is -0.131. The molecule has 1 aliphatic rings. The molecule has 0 aromatic heterocycles. The number of benzene rings is 2. The fraction of sp³-hybridized carbons (Fsp3) is 0.375. The highest BCUT2D eigenvalue weighted by molar-refractivity contribution is 5.96. The molecule has 0 bridgehead atoms. The first kappa shape index (κ1) is 22.3. The maximum absolute atomic E-state index is 12.8. The van der Waals surface area contributed by atoms with Crippen molar-refractivity contribution < 1.29 is 23.9 Å². The lowest BCUT2D eigenvalue weighted by Gasteiger charge is -2.22. The quantitative estimate of drug-likeness (QED) is 0.667. The molecular weight excluding hydrogens is 396 g/mol. The molecule has 0 saturated carbocycles. The van der Waals surface area contributed by atoms with Gasteiger partial charge < -0.3 is 19.3 Å². The molecule has 2 aromatic rings. The van der Waals surface area contributed by atoms with Crippen LogP contribution in [0.2, 0.25) is 0 Å². The summed E-state index contributed by atoms with van der Waals surface area (Å²) in [4.78, 5) is 40.7. The van der Waals surface area contributed by atoms with Gasteiger partial charge in [-0.05, 0) is 54.8 Å². The minimum absolute atomic E-state index is 0.0936. The Morgan fingerprint density at radius 1 is 0.806 bits per heavy atom. The van der Waals surface area contributed by atoms with Crippen molar-refractivity contribution in [1.82, 2.24) is 9.80 Å². The van der Waals surface area contributed by atoms with Gasteiger partial charge in [-0.1, -0.05) is 12.1 Å². The topological polar surface area (TPSA) is 76.2 Å². The molecule has 0 radical (unpaired) electrons. The second kappa shape index (κ2) is 10.6. The first-order valence-corrected chi connectivity index (χ1v) is 10.4. The van der Waals surface area contributed by atoms with Gasteiger partial charge in [0.1, 0.15) is 5.75 Å². The van der Waals surface area contributed by atoms with Gasteiger partial charge in [0.05, 0.1) is 19.8 Å². The Bertz CT molecular complexity index is 909. The number of amides is 2. The lowest BCUT2D eigenvalue weighted by Crippen LogP contribution is -2.37. The van der Waals surface area contributed by atoms with E-state index < -0.39 is 5.97 Å². The van der Waals surface area contributed by atoms with Crippen LogP contribution in [0.15, 0.2) is 48.5 Å². The number of carbonyl (C=O) groups is 3. The van der Waals surface area contributed by atoms with Crippen molar-refractivity contribution in [2.75, 3.05) is 40.4 Å². The van der Waals surface area contributed by atoms with Crippen LogP contribution < -0.4 is 4.74 Å². The molecule has 1 aliphatic heterocycles. The average Bonchev–Trinajstić information content (AvgIpc) is 3.08. The van der Waals surface area contributed by atoms with Crippen LogP contribution in [-0.2, 0) is 16.0 Å². The molecule has 0 aliphatic carbocycles. The summed E-state index contributed by atoms with van der Waals surface area (Å²) in [6.45, 7) is 2.26. The minimum Gasteiger partial charge on any atom is -0.497 e. The highest BCUT2D eigenvalue weighted by Crippen LogP contribution is 2.15. The third-order valence-electron chi connectivity index (χ3n) is 5.48. The number of hydrogen-bond acceptors (Lipinski definition) is 5. The summed E-state index contributed by atoms with van der Waals surface area (Å²) in [6.07, 6.45) is 1.85. The van der Waals surface area contributed by atoms with Crippen LogP contribution in [0.25, 0.3) is 0 Å². The van der Waals surface area contributed by atoms with Gasteiger partial charge in [-0.25, -0.2) is 4.79 Å². The standard InChI is InChI=1S/C24H28N2O5/c1-30-21-11-4-18(5-12-21)6-13-22(27)25-14-3-15-26(17-16-25)23(28)19-7-9-20(10-8-19)24(29)31-2/h4-5,7-12H,3,6,13-17H2,1-2H3. The molecule has 2 amide bonds. The number of hydrogen-bond donors (Lipinski definition) is 0. The summed E-state index contributed by atoms with van der Waals surface area (Å²) in [6, 6.07) is 14.2. The van der Waals surface area contributed by atoms with E-state index in [1.165, 1.54) is 7.11 Å². The monoisotopic (exact) mass is 424 g/mol. The summed E-state index contributed by atoms with van der Waals surface area (Å²) in [5, 5.41) is 0. The molecule has 0 spiro atoms. The normalized spacial score (nSPS) is 14.0. The van der Waals surface area contributed by atoms with Gasteiger partial charge in [0, 0.05) is 38.2 Å². The van der Waals surface area contributed by atoms with E-state index in [-0.39, 0.29) is 11.8 Å². The number of carbonyl (C=O) groups excluding carboxylic acids is 3. The van der Waals surface area contributed by atoms with E-state index in [4.69, 9.17) is 4.74 Å². The first-order chi connectivity index (χ1) is 15.0. The maximum atomic E-state index is 12.8. The van der Waals surface area contributed by atoms with Crippen LogP contribution >= 0.6 is 0 Å². The number of nitrogens with zero attached hydrogens (tertiary/aromatic N) is 2. The van der Waals surface area contributed by atoms with Crippen molar-refractivity contribution in [2.24, 2.45) is 0 Å². The number of aryl methyl sites for hydroxylation is 1. The molecule has 1 fully saturated rings. The van der Waals surface area contributed by atoms with Gasteiger partial charge in [0.2, 0.25) is 5.91 Å². The van der Waals surface area contributed by atoms with Crippen molar-refractivity contribution in [3.8, 4) is 5.75 Å². The molecule has 2 aromatic carbocycles. The van der Waals surface area contributed by atoms with Crippen LogP contribution in [0, 0.1) is 0 Å². The van der Waals surface area contributed by atoms with Gasteiger partial charge in [-0.15, -0.1) is 0 Å². The Morgan fingerprint density at radius 2 is 1.42 bits per heavy atom. The van der Waals surface area contributed by atoms with Gasteiger partial charge in [0.25, 0.3) is 5.91 Å². The van der Waals surface area contributed by atoms with Crippen molar-refractivity contribution in [3.63, 3.8) is 0 Å². The summed E-state index contributed by atoms with van der Waals surface area (Å²) in [5.74, 6) is 0.376. The van der Waals surface area contributed by atoms with Crippen LogP contribution in [0.1, 0.15) is 39.1 Å². The zero-order chi connectivity index (χ0) is 22.2. The Kier molecular flexibility index (Phi) is 7.65. The summed E-state index contributed by atoms with van der Waals surface area (Å²) < 4.78 is 9.84. The summed E-state index contributed by atoms with van der Waals surface area (Å²) >= 11 is 0. The molecule has 1 saturated heterocycles. The number of esters is 1. The zero-order valence-corrected chi connectivity index (χ0v) is 18.0. The van der Waals surface area contributed by atoms with E-state index in [2.05, 4.69) is 4.74 Å². The van der Waals surface area contributed by atoms with Crippen LogP contribution in [-0.4, -0.2) is 68.0 Å². The largest absolute Gasteiger partial charge is 0.497 e. The van der Waals surface area contributed by atoms with Crippen molar-refractivity contribution in [3.05, 3.63) is 65.2 Å². The van der Waals surface area contributed by atoms with E-state index in [0.717, 1.165) is 17.7 Å². The Hall–Kier alpha value is -3.35. The fourth-order valence-electron chi connectivity index (χ4n) is 3.62. The van der Waals surface area contributed by atoms with Crippen molar-refractivity contribution in [2.45, 2.75) is 19.3 Å². The SMILES string of the molecule is COC(=O)c1ccc(C(=O)N2CCCN(C(=O)CCc3ccc(OC)cc3)CC2)cc1. The Balaban J connectivity index is 1.52. The van der Waals surface area contributed by atoms with E-state index in [1.807, 2.05) is 29.2 Å². The molecule has 3 rings (SSSR count). The van der Waals surface area contributed by atoms with E-state index in [9.17, 15) is 14.4 Å². The molecule has 0 unspecified atom stereocenters. The Morgan fingerprint density at radius 3 is 2.06 bits per heavy atom. The molecule has 1 heterocycles. The minimum atomic E-state index is -0.433. The molecule has 0 atom stereocenters. The molecule has 7 nitrogen and oxygen atoms in total. The van der Waals surface area contributed by atoms with Crippen LogP contribution in [0.3, 0.4) is 0 Å². The van der Waals surface area contributed by atoms with Crippen molar-refractivity contribution >= 4 is 17.8 Å². The van der Waals surface area contributed by atoms with Gasteiger partial charge in [-0.3, -0.25) is 9.59 Å². The van der Waals surface area contributed by atoms with Gasteiger partial charge in [-0.2, -0.15) is 0 Å². The van der Waals surface area contributed by atoms with Crippen LogP contribution in [0.4, 0.5) is 0 Å². The molecular formula is C24H28N2O5.